The Morgan fingerprint density at radius 1 is 1.00 bits per heavy atom. The number of hydrogen-bond acceptors (Lipinski definition) is 3. The summed E-state index contributed by atoms with van der Waals surface area (Å²) in [6.07, 6.45) is 0.385. The Morgan fingerprint density at radius 2 is 1.73 bits per heavy atom. The second kappa shape index (κ2) is 9.94. The number of amides is 2. The van der Waals surface area contributed by atoms with Crippen molar-refractivity contribution in [3.05, 3.63) is 81.8 Å². The second-order valence-corrected chi connectivity index (χ2v) is 7.88. The monoisotopic (exact) mass is 444 g/mol. The molecule has 0 aromatic heterocycles. The van der Waals surface area contributed by atoms with Crippen molar-refractivity contribution in [1.29, 1.82) is 0 Å². The van der Waals surface area contributed by atoms with Crippen LogP contribution in [0.4, 0.5) is 0 Å². The molecule has 3 aromatic rings. The van der Waals surface area contributed by atoms with Gasteiger partial charge in [0.15, 0.2) is 0 Å². The van der Waals surface area contributed by atoms with Crippen LogP contribution in [0.15, 0.2) is 60.7 Å². The fraction of sp³-hybridized carbons (Fsp3) is 0.217. The van der Waals surface area contributed by atoms with E-state index < -0.39 is 5.91 Å². The number of fused-ring (bicyclic) bond motifs is 1. The molecule has 3 N–H and O–H groups in total. The summed E-state index contributed by atoms with van der Waals surface area (Å²) in [5.74, 6) is -1.16. The van der Waals surface area contributed by atoms with Crippen molar-refractivity contribution in [2.24, 2.45) is 5.73 Å². The van der Waals surface area contributed by atoms with Crippen molar-refractivity contribution in [3.8, 4) is 0 Å². The quantitative estimate of drug-likeness (QED) is 0.544. The number of rotatable bonds is 8. The average molecular weight is 445 g/mol. The first-order valence-corrected chi connectivity index (χ1v) is 10.3. The first kappa shape index (κ1) is 22.1. The van der Waals surface area contributed by atoms with E-state index in [0.717, 1.165) is 16.3 Å². The lowest BCUT2D eigenvalue weighted by Gasteiger charge is -2.27. The number of primary amides is 1. The molecule has 0 saturated heterocycles. The zero-order valence-electron chi connectivity index (χ0n) is 16.2. The van der Waals surface area contributed by atoms with Gasteiger partial charge in [-0.05, 0) is 41.0 Å². The van der Waals surface area contributed by atoms with Gasteiger partial charge in [-0.25, -0.2) is 0 Å². The zero-order valence-corrected chi connectivity index (χ0v) is 17.7. The summed E-state index contributed by atoms with van der Waals surface area (Å²) in [4.78, 5) is 26.5. The molecule has 0 heterocycles. The molecule has 0 aliphatic rings. The van der Waals surface area contributed by atoms with E-state index in [9.17, 15) is 14.7 Å². The summed E-state index contributed by atoms with van der Waals surface area (Å²) in [5.41, 5.74) is 6.74. The van der Waals surface area contributed by atoms with Gasteiger partial charge < -0.3 is 15.7 Å². The van der Waals surface area contributed by atoms with Gasteiger partial charge in [0.1, 0.15) is 0 Å². The largest absolute Gasteiger partial charge is 0.396 e. The molecular formula is C23H22Cl2N2O3. The van der Waals surface area contributed by atoms with Crippen molar-refractivity contribution in [2.45, 2.75) is 12.3 Å². The lowest BCUT2D eigenvalue weighted by molar-refractivity contribution is -0.118. The number of aliphatic hydroxyl groups excluding tert-OH is 1. The molecule has 156 valence electrons. The summed E-state index contributed by atoms with van der Waals surface area (Å²) in [7, 11) is 0. The Labute approximate surface area is 185 Å². The smallest absolute Gasteiger partial charge is 0.254 e. The summed E-state index contributed by atoms with van der Waals surface area (Å²) in [6, 6.07) is 18.2. The topological polar surface area (TPSA) is 83.6 Å². The third-order valence-corrected chi connectivity index (χ3v) is 5.73. The van der Waals surface area contributed by atoms with E-state index in [1.807, 2.05) is 36.4 Å². The minimum atomic E-state index is -0.611. The van der Waals surface area contributed by atoms with Crippen LogP contribution in [-0.4, -0.2) is 41.5 Å². The van der Waals surface area contributed by atoms with Crippen molar-refractivity contribution in [2.75, 3.05) is 19.7 Å². The average Bonchev–Trinajstić information content (AvgIpc) is 2.73. The number of benzene rings is 3. The molecule has 0 spiro atoms. The van der Waals surface area contributed by atoms with E-state index in [4.69, 9.17) is 28.9 Å². The first-order valence-electron chi connectivity index (χ1n) is 9.52. The normalized spacial score (nSPS) is 12.0. The van der Waals surface area contributed by atoms with Gasteiger partial charge in [-0.15, -0.1) is 0 Å². The van der Waals surface area contributed by atoms with Crippen molar-refractivity contribution >= 4 is 45.8 Å². The van der Waals surface area contributed by atoms with Gasteiger partial charge >= 0.3 is 0 Å². The molecule has 30 heavy (non-hydrogen) atoms. The van der Waals surface area contributed by atoms with Crippen LogP contribution in [0.3, 0.4) is 0 Å². The fourth-order valence-corrected chi connectivity index (χ4v) is 3.85. The number of nitrogens with zero attached hydrogens (tertiary/aromatic N) is 1. The maximum atomic E-state index is 13.4. The number of halogens is 2. The predicted octanol–water partition coefficient (Wildman–Crippen LogP) is 4.24. The number of carbonyl (C=O) groups excluding carboxylic acids is 2. The molecular weight excluding hydrogens is 423 g/mol. The molecule has 0 aliphatic heterocycles. The maximum absolute atomic E-state index is 13.4. The van der Waals surface area contributed by atoms with E-state index in [1.165, 1.54) is 4.90 Å². The molecule has 0 fully saturated rings. The Kier molecular flexibility index (Phi) is 7.32. The van der Waals surface area contributed by atoms with Gasteiger partial charge in [0.2, 0.25) is 5.91 Å². The first-order chi connectivity index (χ1) is 14.4. The van der Waals surface area contributed by atoms with E-state index in [2.05, 4.69) is 0 Å². The van der Waals surface area contributed by atoms with E-state index in [1.54, 1.807) is 24.3 Å². The van der Waals surface area contributed by atoms with E-state index >= 15 is 0 Å². The SMILES string of the molecule is NC(=O)CN(C[C@@H](CCO)c1ccc(Cl)c(Cl)c1)C(=O)c1cccc2ccccc12. The highest BCUT2D eigenvalue weighted by Crippen LogP contribution is 2.29. The van der Waals surface area contributed by atoms with Crippen molar-refractivity contribution in [3.63, 3.8) is 0 Å². The van der Waals surface area contributed by atoms with Crippen LogP contribution < -0.4 is 5.73 Å². The van der Waals surface area contributed by atoms with Crippen LogP contribution in [-0.2, 0) is 4.79 Å². The van der Waals surface area contributed by atoms with Crippen molar-refractivity contribution in [1.82, 2.24) is 4.90 Å². The Bertz CT molecular complexity index is 1070. The van der Waals surface area contributed by atoms with Crippen LogP contribution in [0.5, 0.6) is 0 Å². The Morgan fingerprint density at radius 3 is 2.43 bits per heavy atom. The van der Waals surface area contributed by atoms with Gasteiger partial charge in [0.05, 0.1) is 16.6 Å². The van der Waals surface area contributed by atoms with E-state index in [0.29, 0.717) is 22.0 Å². The van der Waals surface area contributed by atoms with Crippen LogP contribution in [0.1, 0.15) is 28.3 Å². The number of carbonyl (C=O) groups is 2. The molecule has 0 aliphatic carbocycles. The van der Waals surface area contributed by atoms with Crippen molar-refractivity contribution < 1.29 is 14.7 Å². The van der Waals surface area contributed by atoms with Gasteiger partial charge in [-0.2, -0.15) is 0 Å². The summed E-state index contributed by atoms with van der Waals surface area (Å²) >= 11 is 12.2. The van der Waals surface area contributed by atoms with Gasteiger partial charge in [0, 0.05) is 24.6 Å². The summed E-state index contributed by atoms with van der Waals surface area (Å²) < 4.78 is 0. The highest BCUT2D eigenvalue weighted by molar-refractivity contribution is 6.42. The van der Waals surface area contributed by atoms with Crippen LogP contribution in [0, 0.1) is 0 Å². The van der Waals surface area contributed by atoms with Gasteiger partial charge in [0.25, 0.3) is 5.91 Å². The molecule has 1 atom stereocenters. The molecule has 5 nitrogen and oxygen atoms in total. The molecule has 0 bridgehead atoms. The molecule has 3 aromatic carbocycles. The molecule has 2 amide bonds. The van der Waals surface area contributed by atoms with E-state index in [-0.39, 0.29) is 31.5 Å². The molecule has 3 rings (SSSR count). The summed E-state index contributed by atoms with van der Waals surface area (Å²) in [6.45, 7) is -0.118. The van der Waals surface area contributed by atoms with Crippen LogP contribution in [0.2, 0.25) is 10.0 Å². The lowest BCUT2D eigenvalue weighted by atomic mass is 9.94. The highest BCUT2D eigenvalue weighted by atomic mass is 35.5. The molecule has 0 saturated carbocycles. The molecule has 0 radical (unpaired) electrons. The Balaban J connectivity index is 1.96. The third kappa shape index (κ3) is 5.11. The number of hydrogen-bond donors (Lipinski definition) is 2. The minimum absolute atomic E-state index is 0.0855. The standard InChI is InChI=1S/C23H22Cl2N2O3/c24-20-9-8-16(12-21(20)25)17(10-11-28)13-27(14-22(26)29)23(30)19-7-3-5-15-4-1-2-6-18(15)19/h1-9,12,17,28H,10-11,13-14H2,(H2,26,29)/t17-/m1/s1. The van der Waals surface area contributed by atoms with Gasteiger partial charge in [-0.1, -0.05) is 65.7 Å². The zero-order chi connectivity index (χ0) is 21.7. The minimum Gasteiger partial charge on any atom is -0.396 e. The Hall–Kier alpha value is -2.60. The van der Waals surface area contributed by atoms with Crippen LogP contribution >= 0.6 is 23.2 Å². The number of nitrogens with two attached hydrogens (primary N) is 1. The number of aliphatic hydroxyl groups is 1. The molecule has 0 unspecified atom stereocenters. The maximum Gasteiger partial charge on any atom is 0.254 e. The van der Waals surface area contributed by atoms with Crippen LogP contribution in [0.25, 0.3) is 10.8 Å². The lowest BCUT2D eigenvalue weighted by Crippen LogP contribution is -2.41. The molecule has 7 heteroatoms. The second-order valence-electron chi connectivity index (χ2n) is 7.06. The third-order valence-electron chi connectivity index (χ3n) is 4.99. The fourth-order valence-electron chi connectivity index (χ4n) is 3.54. The highest BCUT2D eigenvalue weighted by Gasteiger charge is 2.24. The van der Waals surface area contributed by atoms with Gasteiger partial charge in [-0.3, -0.25) is 9.59 Å². The summed E-state index contributed by atoms with van der Waals surface area (Å²) in [5, 5.41) is 12.1. The predicted molar refractivity (Wildman–Crippen MR) is 120 cm³/mol.